The van der Waals surface area contributed by atoms with Crippen molar-refractivity contribution in [2.24, 2.45) is 0 Å². The minimum atomic E-state index is 0.320. The summed E-state index contributed by atoms with van der Waals surface area (Å²) in [5.41, 5.74) is 0. The normalized spacial score (nSPS) is 11.7. The van der Waals surface area contributed by atoms with Crippen LogP contribution in [-0.4, -0.2) is 47.2 Å². The van der Waals surface area contributed by atoms with Crippen LogP contribution < -0.4 is 4.74 Å². The molecule has 1 rings (SSSR count). The molecule has 0 aliphatic heterocycles. The summed E-state index contributed by atoms with van der Waals surface area (Å²) in [4.78, 5) is 10.7. The summed E-state index contributed by atoms with van der Waals surface area (Å²) in [7, 11) is 1.59. The first-order valence-electron chi connectivity index (χ1n) is 6.85. The predicted octanol–water partition coefficient (Wildman–Crippen LogP) is 2.77. The fourth-order valence-electron chi connectivity index (χ4n) is 2.08. The summed E-state index contributed by atoms with van der Waals surface area (Å²) in [5, 5.41) is 0.367. The van der Waals surface area contributed by atoms with Crippen LogP contribution in [0.1, 0.15) is 33.5 Å². The average molecular weight is 302 g/mol. The molecule has 1 aromatic rings. The Morgan fingerprint density at radius 1 is 1.20 bits per heavy atom. The highest BCUT2D eigenvalue weighted by Gasteiger charge is 2.13. The minimum absolute atomic E-state index is 0.320. The van der Waals surface area contributed by atoms with E-state index < -0.39 is 0 Å². The maximum Gasteiger partial charge on any atom is 0.218 e. The Bertz CT molecular complexity index is 405. The van der Waals surface area contributed by atoms with Crippen molar-refractivity contribution in [2.45, 2.75) is 46.4 Å². The topological polar surface area (TPSA) is 47.5 Å². The van der Waals surface area contributed by atoms with Crippen LogP contribution in [0.4, 0.5) is 0 Å². The third kappa shape index (κ3) is 5.61. The lowest BCUT2D eigenvalue weighted by Crippen LogP contribution is -2.39. The molecule has 0 spiro atoms. The predicted molar refractivity (Wildman–Crippen MR) is 80.2 cm³/mol. The highest BCUT2D eigenvalue weighted by Crippen LogP contribution is 2.14. The summed E-state index contributed by atoms with van der Waals surface area (Å²) in [5.74, 6) is 1.02. The second kappa shape index (κ2) is 8.39. The van der Waals surface area contributed by atoms with E-state index in [9.17, 15) is 0 Å². The molecule has 0 N–H and O–H groups in total. The fourth-order valence-corrected chi connectivity index (χ4v) is 2.27. The quantitative estimate of drug-likeness (QED) is 0.691. The molecule has 0 aliphatic carbocycles. The first-order valence-corrected chi connectivity index (χ1v) is 7.22. The van der Waals surface area contributed by atoms with Gasteiger partial charge in [0.05, 0.1) is 0 Å². The fraction of sp³-hybridized carbons (Fsp3) is 0.714. The van der Waals surface area contributed by atoms with Gasteiger partial charge in [-0.25, -0.2) is 4.98 Å². The van der Waals surface area contributed by atoms with E-state index in [1.165, 1.54) is 0 Å². The molecule has 20 heavy (non-hydrogen) atoms. The summed E-state index contributed by atoms with van der Waals surface area (Å²) in [6.45, 7) is 10.4. The lowest BCUT2D eigenvalue weighted by atomic mass is 10.2. The smallest absolute Gasteiger partial charge is 0.218 e. The number of ether oxygens (including phenoxy) is 2. The lowest BCUT2D eigenvalue weighted by Gasteiger charge is -2.30. The zero-order valence-corrected chi connectivity index (χ0v) is 13.6. The summed E-state index contributed by atoms with van der Waals surface area (Å²) >= 11 is 5.93. The lowest BCUT2D eigenvalue weighted by molar-refractivity contribution is 0.139. The Balaban J connectivity index is 2.56. The number of halogens is 1. The van der Waals surface area contributed by atoms with E-state index in [1.54, 1.807) is 13.2 Å². The molecule has 0 amide bonds. The zero-order valence-electron chi connectivity index (χ0n) is 12.9. The monoisotopic (exact) mass is 301 g/mol. The standard InChI is InChI=1S/C14H24ClN3O2/c1-10(2)18(11(3)4)6-7-20-14-8-12(15)16-13(17-14)9-19-5/h8,10-11H,6-7,9H2,1-5H3. The minimum Gasteiger partial charge on any atom is -0.476 e. The molecule has 0 radical (unpaired) electrons. The van der Waals surface area contributed by atoms with Crippen molar-refractivity contribution in [3.8, 4) is 5.88 Å². The third-order valence-corrected chi connectivity index (χ3v) is 3.11. The Hall–Kier alpha value is -0.910. The number of rotatable bonds is 8. The number of hydrogen-bond donors (Lipinski definition) is 0. The molecule has 0 saturated carbocycles. The van der Waals surface area contributed by atoms with Crippen molar-refractivity contribution in [2.75, 3.05) is 20.3 Å². The number of nitrogens with zero attached hydrogens (tertiary/aromatic N) is 3. The van der Waals surface area contributed by atoms with Crippen molar-refractivity contribution in [1.82, 2.24) is 14.9 Å². The van der Waals surface area contributed by atoms with Gasteiger partial charge in [-0.15, -0.1) is 0 Å². The van der Waals surface area contributed by atoms with Gasteiger partial charge in [-0.3, -0.25) is 4.90 Å². The second-order valence-corrected chi connectivity index (χ2v) is 5.54. The Morgan fingerprint density at radius 3 is 2.40 bits per heavy atom. The highest BCUT2D eigenvalue weighted by atomic mass is 35.5. The van der Waals surface area contributed by atoms with Gasteiger partial charge in [0.15, 0.2) is 5.82 Å². The molecule has 0 saturated heterocycles. The van der Waals surface area contributed by atoms with Gasteiger partial charge < -0.3 is 9.47 Å². The van der Waals surface area contributed by atoms with Crippen LogP contribution in [0.15, 0.2) is 6.07 Å². The first-order chi connectivity index (χ1) is 9.43. The molecular formula is C14H24ClN3O2. The van der Waals surface area contributed by atoms with Gasteiger partial charge in [-0.1, -0.05) is 11.6 Å². The maximum atomic E-state index is 5.93. The van der Waals surface area contributed by atoms with E-state index in [4.69, 9.17) is 21.1 Å². The molecule has 114 valence electrons. The van der Waals surface area contributed by atoms with Gasteiger partial charge >= 0.3 is 0 Å². The molecule has 0 fully saturated rings. The largest absolute Gasteiger partial charge is 0.476 e. The van der Waals surface area contributed by atoms with E-state index in [0.717, 1.165) is 6.54 Å². The van der Waals surface area contributed by atoms with Gasteiger partial charge in [0.1, 0.15) is 18.4 Å². The van der Waals surface area contributed by atoms with Crippen LogP contribution in [0, 0.1) is 0 Å². The molecule has 1 heterocycles. The van der Waals surface area contributed by atoms with E-state index in [0.29, 0.717) is 42.2 Å². The molecule has 1 aromatic heterocycles. The molecule has 0 aliphatic rings. The van der Waals surface area contributed by atoms with Gasteiger partial charge in [-0.2, -0.15) is 4.98 Å². The van der Waals surface area contributed by atoms with Crippen molar-refractivity contribution in [3.05, 3.63) is 17.0 Å². The maximum absolute atomic E-state index is 5.93. The molecule has 0 unspecified atom stereocenters. The molecule has 0 aromatic carbocycles. The van der Waals surface area contributed by atoms with Crippen LogP contribution in [0.5, 0.6) is 5.88 Å². The number of hydrogen-bond acceptors (Lipinski definition) is 5. The highest BCUT2D eigenvalue weighted by molar-refractivity contribution is 6.29. The first kappa shape index (κ1) is 17.1. The SMILES string of the molecule is COCc1nc(Cl)cc(OCCN(C(C)C)C(C)C)n1. The van der Waals surface area contributed by atoms with E-state index >= 15 is 0 Å². The van der Waals surface area contributed by atoms with Gasteiger partial charge in [0.25, 0.3) is 0 Å². The van der Waals surface area contributed by atoms with Crippen LogP contribution >= 0.6 is 11.6 Å². The second-order valence-electron chi connectivity index (χ2n) is 5.15. The van der Waals surface area contributed by atoms with Gasteiger partial charge in [0, 0.05) is 31.8 Å². The van der Waals surface area contributed by atoms with E-state index in [-0.39, 0.29) is 0 Å². The van der Waals surface area contributed by atoms with Crippen LogP contribution in [0.25, 0.3) is 0 Å². The van der Waals surface area contributed by atoms with Gasteiger partial charge in [0.2, 0.25) is 5.88 Å². The zero-order chi connectivity index (χ0) is 15.1. The molecular weight excluding hydrogens is 278 g/mol. The van der Waals surface area contributed by atoms with Crippen molar-refractivity contribution in [1.29, 1.82) is 0 Å². The van der Waals surface area contributed by atoms with Crippen molar-refractivity contribution >= 4 is 11.6 Å². The average Bonchev–Trinajstić information content (AvgIpc) is 2.33. The van der Waals surface area contributed by atoms with Crippen molar-refractivity contribution < 1.29 is 9.47 Å². The van der Waals surface area contributed by atoms with E-state index in [1.807, 2.05) is 0 Å². The Morgan fingerprint density at radius 2 is 1.85 bits per heavy atom. The number of aromatic nitrogens is 2. The van der Waals surface area contributed by atoms with E-state index in [2.05, 4.69) is 42.6 Å². The van der Waals surface area contributed by atoms with Crippen LogP contribution in [-0.2, 0) is 11.3 Å². The summed E-state index contributed by atoms with van der Waals surface area (Å²) < 4.78 is 10.7. The molecule has 0 atom stereocenters. The van der Waals surface area contributed by atoms with Crippen molar-refractivity contribution in [3.63, 3.8) is 0 Å². The Labute approximate surface area is 126 Å². The molecule has 6 heteroatoms. The molecule has 0 bridgehead atoms. The molecule has 5 nitrogen and oxygen atoms in total. The van der Waals surface area contributed by atoms with Crippen LogP contribution in [0.2, 0.25) is 5.15 Å². The Kier molecular flexibility index (Phi) is 7.19. The van der Waals surface area contributed by atoms with Gasteiger partial charge in [-0.05, 0) is 27.7 Å². The summed E-state index contributed by atoms with van der Waals surface area (Å²) in [6.07, 6.45) is 0. The third-order valence-electron chi connectivity index (χ3n) is 2.92. The van der Waals surface area contributed by atoms with Crippen LogP contribution in [0.3, 0.4) is 0 Å². The summed E-state index contributed by atoms with van der Waals surface area (Å²) in [6, 6.07) is 2.59. The number of methoxy groups -OCH3 is 1.